The molecule has 0 saturated carbocycles. The van der Waals surface area contributed by atoms with E-state index in [1.54, 1.807) is 0 Å². The van der Waals surface area contributed by atoms with Gasteiger partial charge in [0.1, 0.15) is 17.5 Å². The molecule has 0 radical (unpaired) electrons. The Labute approximate surface area is 204 Å². The van der Waals surface area contributed by atoms with Crippen LogP contribution in [-0.2, 0) is 28.9 Å². The third kappa shape index (κ3) is 5.10. The molecule has 0 aromatic heterocycles. The molecule has 2 heterocycles. The Morgan fingerprint density at radius 3 is 2.56 bits per heavy atom. The van der Waals surface area contributed by atoms with E-state index in [9.17, 15) is 9.90 Å². The standard InChI is InChI=1S/C29H39NO4/c1-18(2)26-23(13-12-22-14-21(31)15-25(32)33-22)28-24(16-29(4,5)34-28)19(3)27(26)30(6)17-20-10-8-7-9-11-20/h7-11,18,21-22,31H,12-17H2,1-6H3/t21-,22-/m1/s1. The summed E-state index contributed by atoms with van der Waals surface area (Å²) in [5.41, 5.74) is 7.45. The molecule has 0 bridgehead atoms. The van der Waals surface area contributed by atoms with Gasteiger partial charge in [-0.3, -0.25) is 4.79 Å². The highest BCUT2D eigenvalue weighted by Crippen LogP contribution is 2.48. The van der Waals surface area contributed by atoms with Crippen LogP contribution in [0.15, 0.2) is 30.3 Å². The van der Waals surface area contributed by atoms with E-state index in [-0.39, 0.29) is 24.1 Å². The normalized spacial score (nSPS) is 21.2. The summed E-state index contributed by atoms with van der Waals surface area (Å²) < 4.78 is 12.1. The number of aliphatic hydroxyl groups excluding tert-OH is 1. The summed E-state index contributed by atoms with van der Waals surface area (Å²) in [4.78, 5) is 14.3. The van der Waals surface area contributed by atoms with E-state index in [0.717, 1.165) is 25.1 Å². The number of aliphatic hydroxyl groups is 1. The second kappa shape index (κ2) is 9.61. The van der Waals surface area contributed by atoms with Gasteiger partial charge in [-0.25, -0.2) is 0 Å². The van der Waals surface area contributed by atoms with E-state index in [1.165, 1.54) is 33.5 Å². The molecule has 2 aliphatic heterocycles. The second-order valence-corrected chi connectivity index (χ2v) is 11.0. The van der Waals surface area contributed by atoms with Crippen LogP contribution in [0.5, 0.6) is 5.75 Å². The number of hydrogen-bond donors (Lipinski definition) is 1. The van der Waals surface area contributed by atoms with Crippen molar-refractivity contribution in [2.24, 2.45) is 0 Å². The van der Waals surface area contributed by atoms with Crippen molar-refractivity contribution >= 4 is 11.7 Å². The number of esters is 1. The van der Waals surface area contributed by atoms with Crippen LogP contribution < -0.4 is 9.64 Å². The van der Waals surface area contributed by atoms with Gasteiger partial charge < -0.3 is 19.5 Å². The van der Waals surface area contributed by atoms with Crippen molar-refractivity contribution in [1.82, 2.24) is 0 Å². The van der Waals surface area contributed by atoms with Crippen LogP contribution in [0.2, 0.25) is 0 Å². The van der Waals surface area contributed by atoms with Crippen molar-refractivity contribution in [3.63, 3.8) is 0 Å². The lowest BCUT2D eigenvalue weighted by Crippen LogP contribution is -2.33. The van der Waals surface area contributed by atoms with Gasteiger partial charge in [-0.1, -0.05) is 44.2 Å². The molecule has 1 saturated heterocycles. The minimum Gasteiger partial charge on any atom is -0.487 e. The third-order valence-corrected chi connectivity index (χ3v) is 7.09. The fourth-order valence-electron chi connectivity index (χ4n) is 5.68. The molecule has 5 nitrogen and oxygen atoms in total. The highest BCUT2D eigenvalue weighted by atomic mass is 16.5. The van der Waals surface area contributed by atoms with Gasteiger partial charge in [0.15, 0.2) is 0 Å². The predicted octanol–water partition coefficient (Wildman–Crippen LogP) is 5.47. The maximum Gasteiger partial charge on any atom is 0.308 e. The van der Waals surface area contributed by atoms with Gasteiger partial charge in [0, 0.05) is 43.2 Å². The van der Waals surface area contributed by atoms with Crippen LogP contribution in [0.1, 0.15) is 80.7 Å². The van der Waals surface area contributed by atoms with Crippen molar-refractivity contribution in [3.8, 4) is 5.75 Å². The van der Waals surface area contributed by atoms with Crippen molar-refractivity contribution in [3.05, 3.63) is 58.1 Å². The quantitative estimate of drug-likeness (QED) is 0.550. The summed E-state index contributed by atoms with van der Waals surface area (Å²) in [6.07, 6.45) is 2.05. The molecular weight excluding hydrogens is 426 g/mol. The molecule has 0 aliphatic carbocycles. The molecule has 2 aromatic rings. The fourth-order valence-corrected chi connectivity index (χ4v) is 5.68. The lowest BCUT2D eigenvalue weighted by atomic mass is 9.84. The first kappa shape index (κ1) is 24.6. The van der Waals surface area contributed by atoms with E-state index >= 15 is 0 Å². The molecule has 34 heavy (non-hydrogen) atoms. The number of ether oxygens (including phenoxy) is 2. The summed E-state index contributed by atoms with van der Waals surface area (Å²) in [6, 6.07) is 10.6. The molecule has 0 amide bonds. The molecular formula is C29H39NO4. The predicted molar refractivity (Wildman–Crippen MR) is 136 cm³/mol. The maximum absolute atomic E-state index is 11.9. The van der Waals surface area contributed by atoms with E-state index in [0.29, 0.717) is 18.8 Å². The minimum absolute atomic E-state index is 0.0966. The number of rotatable bonds is 7. The SMILES string of the molecule is Cc1c2c(c(CC[C@@H]3C[C@@H](O)CC(=O)O3)c(C(C)C)c1N(C)Cc1ccccc1)OC(C)(C)C2. The molecule has 2 aromatic carbocycles. The number of fused-ring (bicyclic) bond motifs is 1. The van der Waals surface area contributed by atoms with Crippen molar-refractivity contribution < 1.29 is 19.4 Å². The van der Waals surface area contributed by atoms with E-state index in [1.807, 2.05) is 0 Å². The Hall–Kier alpha value is -2.53. The smallest absolute Gasteiger partial charge is 0.308 e. The van der Waals surface area contributed by atoms with Crippen LogP contribution in [0.25, 0.3) is 0 Å². The van der Waals surface area contributed by atoms with Gasteiger partial charge in [0.05, 0.1) is 12.5 Å². The number of hydrogen-bond acceptors (Lipinski definition) is 5. The molecule has 5 heteroatoms. The van der Waals surface area contributed by atoms with Crippen molar-refractivity contribution in [2.75, 3.05) is 11.9 Å². The van der Waals surface area contributed by atoms with Crippen LogP contribution in [0, 0.1) is 6.92 Å². The van der Waals surface area contributed by atoms with Gasteiger partial charge in [-0.2, -0.15) is 0 Å². The molecule has 2 atom stereocenters. The summed E-state index contributed by atoms with van der Waals surface area (Å²) in [6.45, 7) is 11.9. The van der Waals surface area contributed by atoms with Crippen molar-refractivity contribution in [2.45, 2.75) is 97.0 Å². The minimum atomic E-state index is -0.609. The summed E-state index contributed by atoms with van der Waals surface area (Å²) in [5.74, 6) is 1.02. The highest BCUT2D eigenvalue weighted by Gasteiger charge is 2.37. The van der Waals surface area contributed by atoms with Crippen molar-refractivity contribution in [1.29, 1.82) is 0 Å². The van der Waals surface area contributed by atoms with Crippen LogP contribution in [-0.4, -0.2) is 35.9 Å². The summed E-state index contributed by atoms with van der Waals surface area (Å²) in [5, 5.41) is 10.1. The molecule has 0 spiro atoms. The second-order valence-electron chi connectivity index (χ2n) is 11.0. The number of anilines is 1. The zero-order chi connectivity index (χ0) is 24.6. The monoisotopic (exact) mass is 465 g/mol. The Morgan fingerprint density at radius 1 is 1.21 bits per heavy atom. The van der Waals surface area contributed by atoms with Crippen LogP contribution in [0.3, 0.4) is 0 Å². The average Bonchev–Trinajstić information content (AvgIpc) is 3.08. The number of carbonyl (C=O) groups excluding carboxylic acids is 1. The molecule has 1 fully saturated rings. The van der Waals surface area contributed by atoms with Gasteiger partial charge in [0.25, 0.3) is 0 Å². The first-order chi connectivity index (χ1) is 16.1. The van der Waals surface area contributed by atoms with E-state index in [4.69, 9.17) is 9.47 Å². The van der Waals surface area contributed by atoms with E-state index in [2.05, 4.69) is 76.9 Å². The summed E-state index contributed by atoms with van der Waals surface area (Å²) >= 11 is 0. The Bertz CT molecular complexity index is 1040. The van der Waals surface area contributed by atoms with Gasteiger partial charge in [-0.15, -0.1) is 0 Å². The van der Waals surface area contributed by atoms with Crippen LogP contribution in [0.4, 0.5) is 5.69 Å². The molecule has 4 rings (SSSR count). The maximum atomic E-state index is 11.9. The molecule has 1 N–H and O–H groups in total. The van der Waals surface area contributed by atoms with Crippen LogP contribution >= 0.6 is 0 Å². The third-order valence-electron chi connectivity index (χ3n) is 7.09. The number of carbonyl (C=O) groups is 1. The van der Waals surface area contributed by atoms with Gasteiger partial charge in [-0.05, 0) is 56.2 Å². The average molecular weight is 466 g/mol. The Kier molecular flexibility index (Phi) is 6.95. The van der Waals surface area contributed by atoms with Gasteiger partial charge >= 0.3 is 5.97 Å². The van der Waals surface area contributed by atoms with Gasteiger partial charge in [0.2, 0.25) is 0 Å². The number of cyclic esters (lactones) is 1. The Balaban J connectivity index is 1.75. The fraction of sp³-hybridized carbons (Fsp3) is 0.552. The first-order valence-electron chi connectivity index (χ1n) is 12.6. The number of benzene rings is 2. The number of nitrogens with zero attached hydrogens (tertiary/aromatic N) is 1. The zero-order valence-corrected chi connectivity index (χ0v) is 21.5. The lowest BCUT2D eigenvalue weighted by molar-refractivity contribution is -0.160. The first-order valence-corrected chi connectivity index (χ1v) is 12.6. The summed E-state index contributed by atoms with van der Waals surface area (Å²) in [7, 11) is 2.18. The largest absolute Gasteiger partial charge is 0.487 e. The molecule has 0 unspecified atom stereocenters. The molecule has 2 aliphatic rings. The highest BCUT2D eigenvalue weighted by molar-refractivity contribution is 5.72. The van der Waals surface area contributed by atoms with E-state index < -0.39 is 6.10 Å². The zero-order valence-electron chi connectivity index (χ0n) is 21.5. The molecule has 184 valence electrons. The lowest BCUT2D eigenvalue weighted by Gasteiger charge is -2.31. The topological polar surface area (TPSA) is 59.0 Å². The Morgan fingerprint density at radius 2 is 1.91 bits per heavy atom.